The number of hydrogen-bond acceptors (Lipinski definition) is 5. The first-order chi connectivity index (χ1) is 18.4. The molecule has 5 aromatic rings. The number of amides is 1. The predicted octanol–water partition coefficient (Wildman–Crippen LogP) is 5.83. The Morgan fingerprint density at radius 2 is 1.58 bits per heavy atom. The fourth-order valence-corrected chi connectivity index (χ4v) is 4.52. The summed E-state index contributed by atoms with van der Waals surface area (Å²) in [5.74, 6) is 0.989. The summed E-state index contributed by atoms with van der Waals surface area (Å²) in [5, 5.41) is 4.13. The van der Waals surface area contributed by atoms with Gasteiger partial charge in [-0.3, -0.25) is 9.78 Å². The highest BCUT2D eigenvalue weighted by Crippen LogP contribution is 2.21. The number of furan rings is 1. The van der Waals surface area contributed by atoms with Crippen LogP contribution in [0, 0.1) is 27.7 Å². The molecule has 0 bridgehead atoms. The van der Waals surface area contributed by atoms with E-state index in [4.69, 9.17) is 9.15 Å². The average Bonchev–Trinajstić information content (AvgIpc) is 3.61. The molecule has 1 aromatic carbocycles. The standard InChI is InChI=1S/C30H29N5O3/c1-20-5-6-21(2)34(20)25-7-9-27(10-8-25)37-19-28-11-12-29(38-28)30(36)33-32-18-24-17-22(3)35(23(24)4)26-13-15-31-16-14-26/h5-18H,19H2,1-4H3,(H,33,36)/b32-18+. The van der Waals surface area contributed by atoms with Crippen molar-refractivity contribution in [2.45, 2.75) is 34.3 Å². The second-order valence-electron chi connectivity index (χ2n) is 9.07. The molecule has 38 heavy (non-hydrogen) atoms. The molecule has 8 nitrogen and oxygen atoms in total. The summed E-state index contributed by atoms with van der Waals surface area (Å²) < 4.78 is 15.8. The Bertz CT molecular complexity index is 1570. The fraction of sp³-hybridized carbons (Fsp3) is 0.167. The molecule has 0 fully saturated rings. The third-order valence-corrected chi connectivity index (χ3v) is 6.39. The largest absolute Gasteiger partial charge is 0.486 e. The molecule has 4 heterocycles. The normalized spacial score (nSPS) is 11.3. The lowest BCUT2D eigenvalue weighted by Crippen LogP contribution is -2.16. The molecule has 0 saturated heterocycles. The van der Waals surface area contributed by atoms with Gasteiger partial charge in [-0.2, -0.15) is 5.10 Å². The molecule has 192 valence electrons. The molecule has 0 aliphatic carbocycles. The molecule has 1 amide bonds. The van der Waals surface area contributed by atoms with Crippen molar-refractivity contribution in [1.29, 1.82) is 0 Å². The number of carbonyl (C=O) groups is 1. The van der Waals surface area contributed by atoms with Crippen molar-refractivity contribution < 1.29 is 13.9 Å². The number of carbonyl (C=O) groups excluding carboxylic acids is 1. The second kappa shape index (κ2) is 10.6. The Morgan fingerprint density at radius 3 is 2.29 bits per heavy atom. The van der Waals surface area contributed by atoms with E-state index in [1.165, 1.54) is 11.4 Å². The summed E-state index contributed by atoms with van der Waals surface area (Å²) in [4.78, 5) is 16.6. The lowest BCUT2D eigenvalue weighted by Gasteiger charge is -2.10. The molecular formula is C30H29N5O3. The molecule has 0 spiro atoms. The zero-order chi connectivity index (χ0) is 26.6. The van der Waals surface area contributed by atoms with Crippen LogP contribution in [0.2, 0.25) is 0 Å². The van der Waals surface area contributed by atoms with Crippen LogP contribution in [0.1, 0.15) is 44.7 Å². The minimum absolute atomic E-state index is 0.164. The molecule has 0 aliphatic heterocycles. The van der Waals surface area contributed by atoms with E-state index < -0.39 is 5.91 Å². The monoisotopic (exact) mass is 507 g/mol. The number of hydrazone groups is 1. The molecule has 8 heteroatoms. The van der Waals surface area contributed by atoms with Crippen LogP contribution in [-0.2, 0) is 6.61 Å². The van der Waals surface area contributed by atoms with E-state index >= 15 is 0 Å². The topological polar surface area (TPSA) is 86.6 Å². The van der Waals surface area contributed by atoms with Gasteiger partial charge in [0, 0.05) is 52.1 Å². The van der Waals surface area contributed by atoms with Crippen molar-refractivity contribution in [3.63, 3.8) is 0 Å². The van der Waals surface area contributed by atoms with Crippen LogP contribution in [0.25, 0.3) is 11.4 Å². The molecular weight excluding hydrogens is 478 g/mol. The van der Waals surface area contributed by atoms with Gasteiger partial charge >= 0.3 is 5.91 Å². The van der Waals surface area contributed by atoms with E-state index in [9.17, 15) is 4.79 Å². The van der Waals surface area contributed by atoms with Gasteiger partial charge in [-0.15, -0.1) is 0 Å². The van der Waals surface area contributed by atoms with Gasteiger partial charge in [-0.1, -0.05) is 0 Å². The number of aryl methyl sites for hydroxylation is 3. The number of benzene rings is 1. The number of nitrogens with one attached hydrogen (secondary N) is 1. The average molecular weight is 508 g/mol. The van der Waals surface area contributed by atoms with Gasteiger partial charge in [-0.05, 0) is 94.4 Å². The van der Waals surface area contributed by atoms with Gasteiger partial charge in [-0.25, -0.2) is 5.43 Å². The Balaban J connectivity index is 1.17. The van der Waals surface area contributed by atoms with E-state index in [1.54, 1.807) is 30.7 Å². The molecule has 4 aromatic heterocycles. The highest BCUT2D eigenvalue weighted by Gasteiger charge is 2.12. The van der Waals surface area contributed by atoms with E-state index in [0.29, 0.717) is 11.5 Å². The van der Waals surface area contributed by atoms with Crippen LogP contribution in [-0.4, -0.2) is 26.2 Å². The number of hydrogen-bond donors (Lipinski definition) is 1. The highest BCUT2D eigenvalue weighted by molar-refractivity contribution is 5.92. The van der Waals surface area contributed by atoms with Crippen molar-refractivity contribution in [1.82, 2.24) is 19.5 Å². The second-order valence-corrected chi connectivity index (χ2v) is 9.07. The SMILES string of the molecule is Cc1ccc(C)n1-c1ccc(OCc2ccc(C(=O)N/N=C/c3cc(C)n(-c4ccncc4)c3C)o2)cc1. The van der Waals surface area contributed by atoms with E-state index in [1.807, 2.05) is 56.3 Å². The van der Waals surface area contributed by atoms with Crippen LogP contribution >= 0.6 is 0 Å². The van der Waals surface area contributed by atoms with E-state index in [-0.39, 0.29) is 12.4 Å². The van der Waals surface area contributed by atoms with Crippen LogP contribution in [0.5, 0.6) is 5.75 Å². The Morgan fingerprint density at radius 1 is 0.895 bits per heavy atom. The zero-order valence-electron chi connectivity index (χ0n) is 21.8. The molecule has 0 atom stereocenters. The predicted molar refractivity (Wildman–Crippen MR) is 146 cm³/mol. The van der Waals surface area contributed by atoms with Gasteiger partial charge in [0.25, 0.3) is 0 Å². The lowest BCUT2D eigenvalue weighted by molar-refractivity contribution is 0.0923. The zero-order valence-corrected chi connectivity index (χ0v) is 21.8. The maximum absolute atomic E-state index is 12.5. The molecule has 0 saturated carbocycles. The lowest BCUT2D eigenvalue weighted by atomic mass is 10.2. The summed E-state index contributed by atoms with van der Waals surface area (Å²) in [7, 11) is 0. The van der Waals surface area contributed by atoms with Crippen molar-refractivity contribution >= 4 is 12.1 Å². The molecule has 0 unspecified atom stereocenters. The van der Waals surface area contributed by atoms with Gasteiger partial charge in [0.2, 0.25) is 0 Å². The minimum atomic E-state index is -0.433. The summed E-state index contributed by atoms with van der Waals surface area (Å²) in [6.07, 6.45) is 5.14. The first kappa shape index (κ1) is 24.8. The first-order valence-corrected chi connectivity index (χ1v) is 12.3. The summed E-state index contributed by atoms with van der Waals surface area (Å²) >= 11 is 0. The molecule has 1 N–H and O–H groups in total. The first-order valence-electron chi connectivity index (χ1n) is 12.3. The van der Waals surface area contributed by atoms with Gasteiger partial charge < -0.3 is 18.3 Å². The van der Waals surface area contributed by atoms with Gasteiger partial charge in [0.1, 0.15) is 18.1 Å². The van der Waals surface area contributed by atoms with Gasteiger partial charge in [0.05, 0.1) is 6.21 Å². The van der Waals surface area contributed by atoms with Gasteiger partial charge in [0.15, 0.2) is 5.76 Å². The highest BCUT2D eigenvalue weighted by atomic mass is 16.5. The van der Waals surface area contributed by atoms with Crippen LogP contribution < -0.4 is 10.2 Å². The summed E-state index contributed by atoms with van der Waals surface area (Å²) in [6.45, 7) is 8.39. The Hall–Kier alpha value is -4.85. The van der Waals surface area contributed by atoms with Crippen LogP contribution in [0.3, 0.4) is 0 Å². The van der Waals surface area contributed by atoms with Crippen molar-refractivity contribution in [3.8, 4) is 17.1 Å². The van der Waals surface area contributed by atoms with Crippen LogP contribution in [0.4, 0.5) is 0 Å². The molecule has 0 radical (unpaired) electrons. The third-order valence-electron chi connectivity index (χ3n) is 6.39. The van der Waals surface area contributed by atoms with E-state index in [2.05, 4.69) is 50.6 Å². The number of nitrogens with zero attached hydrogens (tertiary/aromatic N) is 4. The molecule has 5 rings (SSSR count). The maximum Gasteiger partial charge on any atom is 0.307 e. The molecule has 0 aliphatic rings. The van der Waals surface area contributed by atoms with Crippen molar-refractivity contribution in [2.24, 2.45) is 5.10 Å². The third kappa shape index (κ3) is 5.15. The van der Waals surface area contributed by atoms with E-state index in [0.717, 1.165) is 28.3 Å². The maximum atomic E-state index is 12.5. The summed E-state index contributed by atoms with van der Waals surface area (Å²) in [6, 6.07) is 21.3. The number of rotatable bonds is 8. The quantitative estimate of drug-likeness (QED) is 0.211. The summed E-state index contributed by atoms with van der Waals surface area (Å²) in [5.41, 5.74) is 9.95. The minimum Gasteiger partial charge on any atom is -0.486 e. The number of aromatic nitrogens is 3. The van der Waals surface area contributed by atoms with Crippen molar-refractivity contribution in [2.75, 3.05) is 0 Å². The van der Waals surface area contributed by atoms with Crippen LogP contribution in [0.15, 0.2) is 88.6 Å². The number of pyridine rings is 1. The number of ether oxygens (including phenoxy) is 1. The Labute approximate surface area is 221 Å². The fourth-order valence-electron chi connectivity index (χ4n) is 4.52. The van der Waals surface area contributed by atoms with Crippen molar-refractivity contribution in [3.05, 3.63) is 119 Å². The Kier molecular flexibility index (Phi) is 6.95. The smallest absolute Gasteiger partial charge is 0.307 e.